The monoisotopic (exact) mass is 321 g/mol. The maximum Gasteiger partial charge on any atom is 2.00 e. The van der Waals surface area contributed by atoms with Crippen LogP contribution in [0.25, 0.3) is 0 Å². The molecule has 2 aromatic rings. The first-order valence-corrected chi connectivity index (χ1v) is 6.34. The van der Waals surface area contributed by atoms with Crippen LogP contribution in [0.4, 0.5) is 11.4 Å². The van der Waals surface area contributed by atoms with Gasteiger partial charge < -0.3 is 13.3 Å². The number of halogens is 2. The van der Waals surface area contributed by atoms with Gasteiger partial charge in [-0.25, -0.2) is 0 Å². The molecule has 0 saturated carbocycles. The Morgan fingerprint density at radius 3 is 2.30 bits per heavy atom. The third-order valence-corrected chi connectivity index (χ3v) is 3.21. The molecule has 102 valence electrons. The van der Waals surface area contributed by atoms with Gasteiger partial charge in [-0.3, -0.25) is 4.79 Å². The Morgan fingerprint density at radius 1 is 1.10 bits per heavy atom. The van der Waals surface area contributed by atoms with E-state index in [1.165, 1.54) is 0 Å². The molecule has 2 aromatic carbocycles. The number of nitrogens with one attached hydrogen (secondary N) is 1. The molecule has 0 spiro atoms. The first-order valence-electron chi connectivity index (χ1n) is 5.58. The van der Waals surface area contributed by atoms with E-state index in [4.69, 9.17) is 28.3 Å². The van der Waals surface area contributed by atoms with Crippen molar-refractivity contribution in [1.29, 1.82) is 0 Å². The van der Waals surface area contributed by atoms with Crippen molar-refractivity contribution in [2.45, 2.75) is 6.42 Å². The van der Waals surface area contributed by atoms with E-state index in [1.807, 2.05) is 6.07 Å². The molecule has 0 radical (unpaired) electrons. The Balaban J connectivity index is 0. The van der Waals surface area contributed by atoms with Gasteiger partial charge in [-0.05, 0) is 23.8 Å². The van der Waals surface area contributed by atoms with Crippen molar-refractivity contribution in [3.8, 4) is 0 Å². The number of rotatable bonds is 4. The van der Waals surface area contributed by atoms with Crippen LogP contribution in [0.5, 0.6) is 0 Å². The van der Waals surface area contributed by atoms with Crippen molar-refractivity contribution in [2.24, 2.45) is 0 Å². The summed E-state index contributed by atoms with van der Waals surface area (Å²) in [5.41, 5.74) is 1.93. The summed E-state index contributed by atoms with van der Waals surface area (Å²) in [5.74, 6) is -0.889. The predicted molar refractivity (Wildman–Crippen MR) is 85.5 cm³/mol. The number of carbonyl (C=O) groups is 1. The van der Waals surface area contributed by atoms with Crippen LogP contribution in [0.1, 0.15) is 8.42 Å². The summed E-state index contributed by atoms with van der Waals surface area (Å²) in [5, 5.41) is 12.9. The van der Waals surface area contributed by atoms with Crippen LogP contribution < -0.4 is 5.32 Å². The number of hydrogen-bond donors (Lipinski definition) is 2. The molecular weight excluding hydrogens is 309 g/mol. The molecule has 0 bridgehead atoms. The van der Waals surface area contributed by atoms with Crippen molar-refractivity contribution in [3.63, 3.8) is 0 Å². The summed E-state index contributed by atoms with van der Waals surface area (Å²) in [7, 11) is 0. The van der Waals surface area contributed by atoms with E-state index in [1.54, 1.807) is 36.4 Å². The SMILES string of the molecule is O=C(O)Cc1ccccc1Nc1c(Cl)cccc1Cl.[H-].[H-].[Mg+2]. The average molecular weight is 322 g/mol. The number of anilines is 2. The van der Waals surface area contributed by atoms with Crippen LogP contribution in [0.15, 0.2) is 42.5 Å². The summed E-state index contributed by atoms with van der Waals surface area (Å²) in [4.78, 5) is 10.8. The molecule has 0 atom stereocenters. The van der Waals surface area contributed by atoms with Crippen LogP contribution >= 0.6 is 23.2 Å². The smallest absolute Gasteiger partial charge is 1.00 e. The van der Waals surface area contributed by atoms with E-state index in [-0.39, 0.29) is 32.3 Å². The topological polar surface area (TPSA) is 49.3 Å². The Bertz CT molecular complexity index is 609. The summed E-state index contributed by atoms with van der Waals surface area (Å²) in [6, 6.07) is 12.3. The summed E-state index contributed by atoms with van der Waals surface area (Å²) < 4.78 is 0. The molecule has 0 aliphatic rings. The van der Waals surface area contributed by atoms with Gasteiger partial charge in [0, 0.05) is 5.69 Å². The molecule has 2 N–H and O–H groups in total. The molecule has 0 aliphatic carbocycles. The maximum absolute atomic E-state index is 10.8. The second-order valence-corrected chi connectivity index (χ2v) is 4.76. The molecule has 0 amide bonds. The van der Waals surface area contributed by atoms with Gasteiger partial charge in [0.05, 0.1) is 22.2 Å². The minimum absolute atomic E-state index is 0. The molecule has 3 nitrogen and oxygen atoms in total. The fourth-order valence-electron chi connectivity index (χ4n) is 1.71. The third-order valence-electron chi connectivity index (χ3n) is 2.58. The molecule has 0 unspecified atom stereocenters. The van der Waals surface area contributed by atoms with Crippen molar-refractivity contribution >= 4 is 63.6 Å². The van der Waals surface area contributed by atoms with E-state index in [2.05, 4.69) is 5.32 Å². The van der Waals surface area contributed by atoms with Gasteiger partial charge in [-0.1, -0.05) is 47.5 Å². The largest absolute Gasteiger partial charge is 2.00 e. The minimum Gasteiger partial charge on any atom is -1.00 e. The van der Waals surface area contributed by atoms with Crippen molar-refractivity contribution in [3.05, 3.63) is 58.1 Å². The molecule has 0 fully saturated rings. The zero-order chi connectivity index (χ0) is 13.8. The standard InChI is InChI=1S/C14H11Cl2NO2.Mg.2H/c15-10-5-3-6-11(16)14(10)17-12-7-2-1-4-9(12)8-13(18)19;;;/h1-7,17H,8H2,(H,18,19);;;/q;+2;2*-1. The molecule has 0 saturated heterocycles. The van der Waals surface area contributed by atoms with Gasteiger partial charge in [0.25, 0.3) is 0 Å². The summed E-state index contributed by atoms with van der Waals surface area (Å²) >= 11 is 12.1. The Hall–Kier alpha value is -0.944. The van der Waals surface area contributed by atoms with Crippen LogP contribution in [0, 0.1) is 0 Å². The second kappa shape index (κ2) is 7.74. The third kappa shape index (κ3) is 4.28. The number of aliphatic carboxylic acids is 1. The van der Waals surface area contributed by atoms with E-state index >= 15 is 0 Å². The molecule has 0 aromatic heterocycles. The van der Waals surface area contributed by atoms with Gasteiger partial charge in [0.15, 0.2) is 0 Å². The van der Waals surface area contributed by atoms with E-state index in [0.29, 0.717) is 27.0 Å². The molecule has 0 aliphatic heterocycles. The Morgan fingerprint density at radius 2 is 1.70 bits per heavy atom. The fourth-order valence-corrected chi connectivity index (χ4v) is 2.20. The molecule has 6 heteroatoms. The average Bonchev–Trinajstić information content (AvgIpc) is 2.35. The normalized spacial score (nSPS) is 9.70. The van der Waals surface area contributed by atoms with Crippen molar-refractivity contribution in [2.75, 3.05) is 5.32 Å². The quantitative estimate of drug-likeness (QED) is 0.829. The predicted octanol–water partition coefficient (Wildman–Crippen LogP) is 4.21. The zero-order valence-corrected chi connectivity index (χ0v) is 13.5. The van der Waals surface area contributed by atoms with Gasteiger partial charge >= 0.3 is 29.0 Å². The van der Waals surface area contributed by atoms with Crippen LogP contribution in [0.3, 0.4) is 0 Å². The first kappa shape index (κ1) is 17.1. The molecule has 20 heavy (non-hydrogen) atoms. The Kier molecular flexibility index (Phi) is 6.62. The number of carboxylic acids is 1. The van der Waals surface area contributed by atoms with Crippen LogP contribution in [-0.4, -0.2) is 34.1 Å². The van der Waals surface area contributed by atoms with Gasteiger partial charge in [-0.2, -0.15) is 0 Å². The van der Waals surface area contributed by atoms with Crippen molar-refractivity contribution < 1.29 is 12.8 Å². The second-order valence-electron chi connectivity index (χ2n) is 3.95. The number of para-hydroxylation sites is 2. The van der Waals surface area contributed by atoms with Gasteiger partial charge in [0.1, 0.15) is 0 Å². The van der Waals surface area contributed by atoms with E-state index in [0.717, 1.165) is 0 Å². The maximum atomic E-state index is 10.8. The first-order chi connectivity index (χ1) is 9.08. The molecular formula is C14H13Cl2MgNO2. The zero-order valence-electron chi connectivity index (χ0n) is 12.6. The molecule has 0 heterocycles. The number of hydrogen-bond acceptors (Lipinski definition) is 2. The number of carboxylic acid groups (broad SMARTS) is 1. The summed E-state index contributed by atoms with van der Waals surface area (Å²) in [6.07, 6.45) is -0.0642. The summed E-state index contributed by atoms with van der Waals surface area (Å²) in [6.45, 7) is 0. The van der Waals surface area contributed by atoms with E-state index < -0.39 is 5.97 Å². The Labute approximate surface area is 146 Å². The van der Waals surface area contributed by atoms with Crippen LogP contribution in [-0.2, 0) is 11.2 Å². The van der Waals surface area contributed by atoms with Gasteiger partial charge in [-0.15, -0.1) is 0 Å². The molecule has 2 rings (SSSR count). The number of benzene rings is 2. The van der Waals surface area contributed by atoms with Gasteiger partial charge in [0.2, 0.25) is 0 Å². The van der Waals surface area contributed by atoms with E-state index in [9.17, 15) is 4.79 Å². The van der Waals surface area contributed by atoms with Crippen LogP contribution in [0.2, 0.25) is 10.0 Å². The fraction of sp³-hybridized carbons (Fsp3) is 0.0714. The van der Waals surface area contributed by atoms with Crippen molar-refractivity contribution in [1.82, 2.24) is 0 Å². The minimum atomic E-state index is -0.889.